The maximum Gasteiger partial charge on any atom is 0.257 e. The van der Waals surface area contributed by atoms with E-state index < -0.39 is 46.1 Å². The average Bonchev–Trinajstić information content (AvgIpc) is 3.39. The third-order valence-corrected chi connectivity index (χ3v) is 14.0. The predicted molar refractivity (Wildman–Crippen MR) is 177 cm³/mol. The van der Waals surface area contributed by atoms with Crippen LogP contribution in [-0.4, -0.2) is 136 Å². The first-order valence-corrected chi connectivity index (χ1v) is 20.6. The smallest absolute Gasteiger partial charge is 0.257 e. The molecule has 0 saturated carbocycles. The lowest BCUT2D eigenvalue weighted by molar-refractivity contribution is 0.140. The van der Waals surface area contributed by atoms with Gasteiger partial charge in [0.1, 0.15) is 19.8 Å². The van der Waals surface area contributed by atoms with Crippen molar-refractivity contribution in [1.82, 2.24) is 20.9 Å². The van der Waals surface area contributed by atoms with Gasteiger partial charge in [-0.2, -0.15) is 0 Å². The largest absolute Gasteiger partial charge is 0.470 e. The van der Waals surface area contributed by atoms with Gasteiger partial charge < -0.3 is 30.2 Å². The molecule has 0 bridgehead atoms. The Morgan fingerprint density at radius 1 is 0.581 bits per heavy atom. The summed E-state index contributed by atoms with van der Waals surface area (Å²) in [5.74, 6) is 0.269. The SMILES string of the molecule is CC1(NC(=S)OCCN(CCOC(=S)NC2(C)CCS(=O)(=O)C2)CCOC(=S)NC2(C)CCS(=O)(=O)C2)CCS(=O)(=O)C1. The van der Waals surface area contributed by atoms with Gasteiger partial charge >= 0.3 is 0 Å². The van der Waals surface area contributed by atoms with Crippen molar-refractivity contribution >= 4 is 81.7 Å². The molecule has 248 valence electrons. The van der Waals surface area contributed by atoms with Crippen molar-refractivity contribution in [3.63, 3.8) is 0 Å². The van der Waals surface area contributed by atoms with Crippen LogP contribution in [0, 0.1) is 0 Å². The minimum absolute atomic E-state index is 0.0118. The second kappa shape index (κ2) is 14.1. The van der Waals surface area contributed by atoms with E-state index in [1.54, 1.807) is 20.8 Å². The molecule has 3 saturated heterocycles. The lowest BCUT2D eigenvalue weighted by atomic mass is 10.0. The first-order valence-electron chi connectivity index (χ1n) is 13.9. The molecule has 43 heavy (non-hydrogen) atoms. The van der Waals surface area contributed by atoms with E-state index in [-0.39, 0.29) is 69.9 Å². The third kappa shape index (κ3) is 12.3. The fraction of sp³-hybridized carbons (Fsp3) is 0.875. The summed E-state index contributed by atoms with van der Waals surface area (Å²) in [5.41, 5.74) is -2.02. The highest BCUT2D eigenvalue weighted by atomic mass is 32.2. The van der Waals surface area contributed by atoms with Crippen molar-refractivity contribution in [3.8, 4) is 0 Å². The highest BCUT2D eigenvalue weighted by Crippen LogP contribution is 2.24. The van der Waals surface area contributed by atoms with Crippen molar-refractivity contribution < 1.29 is 39.5 Å². The Morgan fingerprint density at radius 3 is 1.05 bits per heavy atom. The van der Waals surface area contributed by atoms with E-state index >= 15 is 0 Å². The fourth-order valence-corrected chi connectivity index (χ4v) is 12.6. The standard InChI is InChI=1S/C24H42N4O9S6/c1-22(4-13-41(29,30)16-22)25-19(38)35-10-7-28(8-11-36-20(39)26-23(2)5-14-42(31,32)17-23)9-12-37-21(40)27-24(3)6-15-43(33,34)18-24/h4-18H2,1-3H3,(H,25,38)(H,26,39)(H,27,40). The zero-order valence-corrected chi connectivity index (χ0v) is 29.6. The Labute approximate surface area is 271 Å². The second-order valence-corrected chi connectivity index (χ2v) is 20.0. The maximum atomic E-state index is 11.9. The Bertz CT molecular complexity index is 1220. The van der Waals surface area contributed by atoms with Crippen LogP contribution in [0.1, 0.15) is 40.0 Å². The molecule has 0 aromatic carbocycles. The highest BCUT2D eigenvalue weighted by Gasteiger charge is 2.41. The van der Waals surface area contributed by atoms with Gasteiger partial charge in [0.05, 0.1) is 51.1 Å². The topological polar surface area (TPSA) is 169 Å². The van der Waals surface area contributed by atoms with E-state index in [4.69, 9.17) is 50.9 Å². The molecule has 0 aromatic heterocycles. The molecule has 3 aliphatic rings. The molecule has 0 aromatic rings. The Kier molecular flexibility index (Phi) is 11.9. The molecule has 19 heteroatoms. The van der Waals surface area contributed by atoms with Gasteiger partial charge in [0, 0.05) is 19.6 Å². The summed E-state index contributed by atoms with van der Waals surface area (Å²) in [7, 11) is -9.32. The molecule has 0 amide bonds. The van der Waals surface area contributed by atoms with Crippen LogP contribution in [0.2, 0.25) is 0 Å². The first-order chi connectivity index (χ1) is 19.7. The van der Waals surface area contributed by atoms with Crippen molar-refractivity contribution in [2.24, 2.45) is 0 Å². The summed E-state index contributed by atoms with van der Waals surface area (Å²) in [6, 6.07) is 0. The Hall–Kier alpha value is -1.12. The van der Waals surface area contributed by atoms with Crippen molar-refractivity contribution in [2.75, 3.05) is 74.0 Å². The normalized spacial score (nSPS) is 30.4. The summed E-state index contributed by atoms with van der Waals surface area (Å²) < 4.78 is 88.3. The number of rotatable bonds is 12. The number of hydrogen-bond acceptors (Lipinski definition) is 13. The van der Waals surface area contributed by atoms with Crippen LogP contribution < -0.4 is 16.0 Å². The van der Waals surface area contributed by atoms with E-state index in [0.717, 1.165) is 0 Å². The van der Waals surface area contributed by atoms with Gasteiger partial charge in [0.2, 0.25) is 0 Å². The number of hydrogen-bond donors (Lipinski definition) is 3. The van der Waals surface area contributed by atoms with Crippen LogP contribution >= 0.6 is 36.7 Å². The number of nitrogens with zero attached hydrogens (tertiary/aromatic N) is 1. The van der Waals surface area contributed by atoms with E-state index in [0.29, 0.717) is 38.9 Å². The molecule has 3 fully saturated rings. The van der Waals surface area contributed by atoms with Gasteiger partial charge in [-0.15, -0.1) is 0 Å². The average molecular weight is 723 g/mol. The second-order valence-electron chi connectivity index (χ2n) is 12.3. The van der Waals surface area contributed by atoms with Crippen LogP contribution in [0.25, 0.3) is 0 Å². The zero-order chi connectivity index (χ0) is 32.2. The zero-order valence-electron chi connectivity index (χ0n) is 24.7. The predicted octanol–water partition coefficient (Wildman–Crippen LogP) is -0.307. The maximum absolute atomic E-state index is 11.9. The molecule has 0 radical (unpaired) electrons. The van der Waals surface area contributed by atoms with E-state index in [1.807, 2.05) is 4.90 Å². The molecule has 3 atom stereocenters. The third-order valence-electron chi connectivity index (χ3n) is 7.64. The quantitative estimate of drug-likeness (QED) is 0.224. The van der Waals surface area contributed by atoms with Gasteiger partial charge in [0.15, 0.2) is 29.5 Å². The van der Waals surface area contributed by atoms with Gasteiger partial charge in [-0.3, -0.25) is 4.90 Å². The molecule has 3 N–H and O–H groups in total. The van der Waals surface area contributed by atoms with Gasteiger partial charge in [-0.05, 0) is 76.7 Å². The fourth-order valence-electron chi connectivity index (χ4n) is 5.31. The molecule has 3 aliphatic heterocycles. The first kappa shape index (κ1) is 36.3. The van der Waals surface area contributed by atoms with Crippen molar-refractivity contribution in [1.29, 1.82) is 0 Å². The van der Waals surface area contributed by atoms with Crippen LogP contribution in [0.4, 0.5) is 0 Å². The highest BCUT2D eigenvalue weighted by molar-refractivity contribution is 7.92. The van der Waals surface area contributed by atoms with Crippen LogP contribution in [-0.2, 0) is 43.7 Å². The minimum atomic E-state index is -3.11. The molecule has 3 rings (SSSR count). The van der Waals surface area contributed by atoms with Gasteiger partial charge in [0.25, 0.3) is 15.5 Å². The lowest BCUT2D eigenvalue weighted by Crippen LogP contribution is -2.48. The summed E-state index contributed by atoms with van der Waals surface area (Å²) in [5, 5.41) is 9.38. The molecular formula is C24H42N4O9S6. The van der Waals surface area contributed by atoms with Crippen molar-refractivity contribution in [2.45, 2.75) is 56.7 Å². The number of ether oxygens (including phenoxy) is 3. The monoisotopic (exact) mass is 722 g/mol. The molecule has 3 heterocycles. The van der Waals surface area contributed by atoms with E-state index in [9.17, 15) is 25.3 Å². The van der Waals surface area contributed by atoms with Crippen LogP contribution in [0.5, 0.6) is 0 Å². The summed E-state index contributed by atoms with van der Waals surface area (Å²) in [6.45, 7) is 7.23. The molecule has 0 spiro atoms. The van der Waals surface area contributed by atoms with Crippen LogP contribution in [0.3, 0.4) is 0 Å². The lowest BCUT2D eigenvalue weighted by Gasteiger charge is -2.28. The number of thiocarbonyl (C=S) groups is 3. The summed E-state index contributed by atoms with van der Waals surface area (Å²) >= 11 is 15.9. The number of nitrogens with one attached hydrogen (secondary N) is 3. The molecular weight excluding hydrogens is 681 g/mol. The van der Waals surface area contributed by atoms with E-state index in [1.165, 1.54) is 0 Å². The Balaban J connectivity index is 1.47. The summed E-state index contributed by atoms with van der Waals surface area (Å²) in [6.07, 6.45) is 1.33. The Morgan fingerprint density at radius 2 is 0.837 bits per heavy atom. The van der Waals surface area contributed by atoms with Crippen molar-refractivity contribution in [3.05, 3.63) is 0 Å². The molecule has 0 aliphatic carbocycles. The van der Waals surface area contributed by atoms with E-state index in [2.05, 4.69) is 16.0 Å². The minimum Gasteiger partial charge on any atom is -0.470 e. The molecule has 13 nitrogen and oxygen atoms in total. The summed E-state index contributed by atoms with van der Waals surface area (Å²) in [4.78, 5) is 1.97. The molecule has 3 unspecified atom stereocenters. The van der Waals surface area contributed by atoms with Gasteiger partial charge in [-0.25, -0.2) is 25.3 Å². The van der Waals surface area contributed by atoms with Gasteiger partial charge in [-0.1, -0.05) is 0 Å². The number of sulfone groups is 3. The van der Waals surface area contributed by atoms with Crippen LogP contribution in [0.15, 0.2) is 0 Å².